The Morgan fingerprint density at radius 2 is 1.76 bits per heavy atom. The first-order chi connectivity index (χ1) is 15.8. The van der Waals surface area contributed by atoms with Gasteiger partial charge in [0.15, 0.2) is 0 Å². The molecule has 1 aromatic heterocycles. The van der Waals surface area contributed by atoms with Crippen LogP contribution in [0.1, 0.15) is 15.9 Å². The molecule has 0 aliphatic rings. The Morgan fingerprint density at radius 1 is 1.03 bits per heavy atom. The van der Waals surface area contributed by atoms with Crippen molar-refractivity contribution >= 4 is 33.2 Å². The summed E-state index contributed by atoms with van der Waals surface area (Å²) in [5.41, 5.74) is 1.84. The maximum absolute atomic E-state index is 13.1. The third kappa shape index (κ3) is 5.36. The van der Waals surface area contributed by atoms with Crippen LogP contribution in [0.5, 0.6) is 0 Å². The maximum atomic E-state index is 13.1. The van der Waals surface area contributed by atoms with Crippen molar-refractivity contribution < 1.29 is 17.6 Å². The number of hydrogen-bond donors (Lipinski definition) is 2. The number of halogens is 2. The minimum atomic E-state index is -4.02. The predicted molar refractivity (Wildman–Crippen MR) is 121 cm³/mol. The Hall–Kier alpha value is -3.76. The molecule has 0 radical (unpaired) electrons. The number of nitrogens with zero attached hydrogens (tertiary/aromatic N) is 3. The van der Waals surface area contributed by atoms with Crippen molar-refractivity contribution in [2.45, 2.75) is 11.4 Å². The third-order valence-corrected chi connectivity index (χ3v) is 6.37. The van der Waals surface area contributed by atoms with Gasteiger partial charge in [0.05, 0.1) is 21.2 Å². The van der Waals surface area contributed by atoms with E-state index >= 15 is 0 Å². The fourth-order valence-corrected chi connectivity index (χ4v) is 4.25. The van der Waals surface area contributed by atoms with Gasteiger partial charge in [0.25, 0.3) is 15.9 Å². The molecule has 1 heterocycles. The van der Waals surface area contributed by atoms with Crippen LogP contribution in [0.3, 0.4) is 0 Å². The number of rotatable bonds is 7. The minimum Gasteiger partial charge on any atom is -0.348 e. The molecule has 168 valence electrons. The quantitative estimate of drug-likeness (QED) is 0.414. The maximum Gasteiger partial charge on any atom is 0.261 e. The van der Waals surface area contributed by atoms with Gasteiger partial charge >= 0.3 is 0 Å². The van der Waals surface area contributed by atoms with Crippen LogP contribution in [0.25, 0.3) is 5.69 Å². The lowest BCUT2D eigenvalue weighted by atomic mass is 10.2. The Kier molecular flexibility index (Phi) is 6.38. The van der Waals surface area contributed by atoms with Gasteiger partial charge in [0, 0.05) is 12.2 Å². The lowest BCUT2D eigenvalue weighted by Gasteiger charge is -2.11. The highest BCUT2D eigenvalue weighted by molar-refractivity contribution is 7.92. The third-order valence-electron chi connectivity index (χ3n) is 4.66. The summed E-state index contributed by atoms with van der Waals surface area (Å²) >= 11 is 6.15. The molecule has 0 saturated heterocycles. The fourth-order valence-electron chi connectivity index (χ4n) is 2.96. The number of carbonyl (C=O) groups excluding carboxylic acids is 1. The molecule has 11 heteroatoms. The fraction of sp³-hybridized carbons (Fsp3) is 0.0455. The Labute approximate surface area is 194 Å². The molecule has 0 spiro atoms. The molecule has 0 atom stereocenters. The van der Waals surface area contributed by atoms with Crippen molar-refractivity contribution in [3.05, 3.63) is 101 Å². The van der Waals surface area contributed by atoms with Crippen molar-refractivity contribution in [3.63, 3.8) is 0 Å². The predicted octanol–water partition coefficient (Wildman–Crippen LogP) is 3.79. The zero-order valence-electron chi connectivity index (χ0n) is 16.9. The highest BCUT2D eigenvalue weighted by atomic mass is 35.5. The molecule has 0 bridgehead atoms. The van der Waals surface area contributed by atoms with E-state index in [0.29, 0.717) is 0 Å². The molecular formula is C22H17ClFN5O3S. The van der Waals surface area contributed by atoms with Crippen molar-refractivity contribution in [1.82, 2.24) is 20.1 Å². The highest BCUT2D eigenvalue weighted by Crippen LogP contribution is 2.23. The molecule has 8 nitrogen and oxygen atoms in total. The summed E-state index contributed by atoms with van der Waals surface area (Å²) in [6.07, 6.45) is 3.01. The second-order valence-corrected chi connectivity index (χ2v) is 9.03. The van der Waals surface area contributed by atoms with E-state index in [1.165, 1.54) is 36.7 Å². The Bertz CT molecular complexity index is 1380. The van der Waals surface area contributed by atoms with Crippen molar-refractivity contribution in [3.8, 4) is 5.69 Å². The monoisotopic (exact) mass is 485 g/mol. The number of nitrogens with one attached hydrogen (secondary N) is 2. The number of hydrogen-bond acceptors (Lipinski definition) is 5. The van der Waals surface area contributed by atoms with E-state index < -0.39 is 21.7 Å². The molecule has 0 aliphatic heterocycles. The number of anilines is 1. The molecule has 3 aromatic carbocycles. The number of aromatic nitrogens is 3. The molecular weight excluding hydrogens is 469 g/mol. The summed E-state index contributed by atoms with van der Waals surface area (Å²) in [7, 11) is -4.02. The molecule has 2 N–H and O–H groups in total. The topological polar surface area (TPSA) is 106 Å². The van der Waals surface area contributed by atoms with E-state index in [4.69, 9.17) is 11.6 Å². The van der Waals surface area contributed by atoms with Gasteiger partial charge in [0.1, 0.15) is 18.5 Å². The molecule has 0 fully saturated rings. The second-order valence-electron chi connectivity index (χ2n) is 6.94. The second kappa shape index (κ2) is 9.39. The minimum absolute atomic E-state index is 0.0119. The number of benzene rings is 3. The van der Waals surface area contributed by atoms with E-state index in [2.05, 4.69) is 20.1 Å². The molecule has 0 saturated carbocycles. The number of amides is 1. The van der Waals surface area contributed by atoms with E-state index in [0.717, 1.165) is 23.4 Å². The van der Waals surface area contributed by atoms with Crippen LogP contribution in [0, 0.1) is 5.82 Å². The lowest BCUT2D eigenvalue weighted by molar-refractivity contribution is 0.0951. The normalized spacial score (nSPS) is 11.2. The van der Waals surface area contributed by atoms with Crippen LogP contribution in [-0.4, -0.2) is 29.1 Å². The van der Waals surface area contributed by atoms with Crippen molar-refractivity contribution in [2.24, 2.45) is 0 Å². The number of carbonyl (C=O) groups is 1. The van der Waals surface area contributed by atoms with Crippen molar-refractivity contribution in [2.75, 3.05) is 4.72 Å². The van der Waals surface area contributed by atoms with Gasteiger partial charge < -0.3 is 5.32 Å². The van der Waals surface area contributed by atoms with E-state index in [1.807, 2.05) is 24.3 Å². The Balaban J connectivity index is 1.46. The first-order valence-corrected chi connectivity index (χ1v) is 11.5. The Morgan fingerprint density at radius 3 is 2.42 bits per heavy atom. The summed E-state index contributed by atoms with van der Waals surface area (Å²) in [4.78, 5) is 16.4. The van der Waals surface area contributed by atoms with Crippen LogP contribution in [0.4, 0.5) is 10.1 Å². The summed E-state index contributed by atoms with van der Waals surface area (Å²) < 4.78 is 42.4. The largest absolute Gasteiger partial charge is 0.348 e. The van der Waals surface area contributed by atoms with E-state index in [9.17, 15) is 17.6 Å². The number of sulfonamides is 1. The molecule has 33 heavy (non-hydrogen) atoms. The summed E-state index contributed by atoms with van der Waals surface area (Å²) in [5.74, 6) is -1.02. The van der Waals surface area contributed by atoms with Gasteiger partial charge in [0.2, 0.25) is 0 Å². The van der Waals surface area contributed by atoms with Gasteiger partial charge in [-0.25, -0.2) is 22.5 Å². The molecule has 1 amide bonds. The van der Waals surface area contributed by atoms with Gasteiger partial charge in [-0.05, 0) is 60.2 Å². The van der Waals surface area contributed by atoms with Crippen molar-refractivity contribution in [1.29, 1.82) is 0 Å². The summed E-state index contributed by atoms with van der Waals surface area (Å²) in [6.45, 7) is 0.206. The average Bonchev–Trinajstić information content (AvgIpc) is 3.34. The van der Waals surface area contributed by atoms with E-state index in [1.54, 1.807) is 11.0 Å². The highest BCUT2D eigenvalue weighted by Gasteiger charge is 2.19. The first-order valence-electron chi connectivity index (χ1n) is 9.62. The summed E-state index contributed by atoms with van der Waals surface area (Å²) in [5, 5.41) is 6.88. The van der Waals surface area contributed by atoms with Crippen LogP contribution in [0.2, 0.25) is 5.02 Å². The van der Waals surface area contributed by atoms with E-state index in [-0.39, 0.29) is 27.7 Å². The molecule has 0 unspecified atom stereocenters. The summed E-state index contributed by atoms with van der Waals surface area (Å²) in [6, 6.07) is 16.0. The van der Waals surface area contributed by atoms with Crippen LogP contribution < -0.4 is 10.0 Å². The van der Waals surface area contributed by atoms with Gasteiger partial charge in [-0.3, -0.25) is 9.52 Å². The zero-order chi connectivity index (χ0) is 23.4. The average molecular weight is 486 g/mol. The molecule has 4 rings (SSSR count). The van der Waals surface area contributed by atoms with Gasteiger partial charge in [-0.1, -0.05) is 23.7 Å². The van der Waals surface area contributed by atoms with Crippen LogP contribution in [0.15, 0.2) is 84.3 Å². The molecule has 4 aromatic rings. The SMILES string of the molecule is O=C(NCc1ccc(-n2cncn2)cc1)c1cc(S(=O)(=O)Nc2ccc(F)cc2)ccc1Cl. The smallest absolute Gasteiger partial charge is 0.261 e. The lowest BCUT2D eigenvalue weighted by Crippen LogP contribution is -2.24. The standard InChI is InChI=1S/C22H17ClFN5O3S/c23-21-10-9-19(33(31,32)28-17-5-3-16(24)4-6-17)11-20(21)22(30)26-12-15-1-7-18(8-2-15)29-14-25-13-27-29/h1-11,13-14,28H,12H2,(H,26,30). The zero-order valence-corrected chi connectivity index (χ0v) is 18.5. The van der Waals surface area contributed by atoms with Gasteiger partial charge in [-0.2, -0.15) is 5.10 Å². The van der Waals surface area contributed by atoms with Gasteiger partial charge in [-0.15, -0.1) is 0 Å². The first kappa shape index (κ1) is 22.4. The molecule has 0 aliphatic carbocycles. The van der Waals surface area contributed by atoms with Crippen LogP contribution >= 0.6 is 11.6 Å². The van der Waals surface area contributed by atoms with Crippen LogP contribution in [-0.2, 0) is 16.6 Å².